The first-order valence-electron chi connectivity index (χ1n) is 7.95. The number of imidazole rings is 1. The molecule has 0 radical (unpaired) electrons. The van der Waals surface area contributed by atoms with Crippen LogP contribution < -0.4 is 10.6 Å². The highest BCUT2D eigenvalue weighted by Gasteiger charge is 2.30. The third-order valence-electron chi connectivity index (χ3n) is 3.81. The van der Waals surface area contributed by atoms with E-state index in [1.54, 1.807) is 18.2 Å². The molecule has 28 heavy (non-hydrogen) atoms. The van der Waals surface area contributed by atoms with Crippen LogP contribution in [0.4, 0.5) is 24.5 Å². The number of carbonyl (C=O) groups excluding carboxylic acids is 1. The Labute approximate surface area is 159 Å². The maximum atomic E-state index is 12.8. The number of halogens is 3. The van der Waals surface area contributed by atoms with E-state index in [9.17, 15) is 26.7 Å². The van der Waals surface area contributed by atoms with Crippen molar-refractivity contribution in [3.63, 3.8) is 0 Å². The Morgan fingerprint density at radius 2 is 1.96 bits per heavy atom. The molecule has 7 nitrogen and oxygen atoms in total. The van der Waals surface area contributed by atoms with Gasteiger partial charge in [0.15, 0.2) is 0 Å². The third-order valence-corrected chi connectivity index (χ3v) is 4.19. The highest BCUT2D eigenvalue weighted by atomic mass is 32.2. The van der Waals surface area contributed by atoms with Gasteiger partial charge in [-0.25, -0.2) is 4.98 Å². The van der Waals surface area contributed by atoms with Crippen LogP contribution in [0.2, 0.25) is 0 Å². The Morgan fingerprint density at radius 3 is 2.68 bits per heavy atom. The summed E-state index contributed by atoms with van der Waals surface area (Å²) in [6.07, 6.45) is -3.11. The molecule has 0 aliphatic heterocycles. The van der Waals surface area contributed by atoms with Gasteiger partial charge in [0, 0.05) is 5.69 Å². The van der Waals surface area contributed by atoms with Crippen LogP contribution >= 0.6 is 0 Å². The number of nitrogens with one attached hydrogen (secondary N) is 2. The van der Waals surface area contributed by atoms with Crippen molar-refractivity contribution in [3.8, 4) is 0 Å². The molecule has 0 saturated heterocycles. The van der Waals surface area contributed by atoms with E-state index in [1.165, 1.54) is 23.0 Å². The van der Waals surface area contributed by atoms with E-state index in [1.807, 2.05) is 0 Å². The summed E-state index contributed by atoms with van der Waals surface area (Å²) in [6, 6.07) is 9.33. The van der Waals surface area contributed by atoms with Crippen LogP contribution in [-0.4, -0.2) is 30.1 Å². The molecule has 0 spiro atoms. The number of anilines is 2. The molecule has 0 aliphatic rings. The van der Waals surface area contributed by atoms with Crippen molar-refractivity contribution in [3.05, 3.63) is 54.4 Å². The predicted octanol–water partition coefficient (Wildman–Crippen LogP) is 2.94. The lowest BCUT2D eigenvalue weighted by Gasteiger charge is -2.13. The van der Waals surface area contributed by atoms with Gasteiger partial charge >= 0.3 is 6.18 Å². The van der Waals surface area contributed by atoms with Crippen LogP contribution in [-0.2, 0) is 28.6 Å². The second-order valence-electron chi connectivity index (χ2n) is 5.80. The molecule has 3 aromatic rings. The lowest BCUT2D eigenvalue weighted by Crippen LogP contribution is -2.19. The number of amides is 1. The van der Waals surface area contributed by atoms with Gasteiger partial charge in [-0.15, -0.1) is 0 Å². The summed E-state index contributed by atoms with van der Waals surface area (Å²) in [5.74, 6) is -0.874. The molecule has 1 amide bonds. The number of aromatic nitrogens is 2. The summed E-state index contributed by atoms with van der Waals surface area (Å²) in [6.45, 7) is -0.216. The van der Waals surface area contributed by atoms with Crippen molar-refractivity contribution in [2.45, 2.75) is 12.7 Å². The summed E-state index contributed by atoms with van der Waals surface area (Å²) < 4.78 is 61.4. The number of carbonyl (C=O) groups is 1. The average molecular weight is 411 g/mol. The fraction of sp³-hybridized carbons (Fsp3) is 0.176. The highest BCUT2D eigenvalue weighted by molar-refractivity contribution is 7.79. The van der Waals surface area contributed by atoms with E-state index >= 15 is 0 Å². The SMILES string of the molecule is O=C(Cn1cnc2cccc(NCS(=O)[O-])c21)Nc1cccc(C(F)(F)F)c1. The Morgan fingerprint density at radius 1 is 1.21 bits per heavy atom. The lowest BCUT2D eigenvalue weighted by molar-refractivity contribution is -0.137. The van der Waals surface area contributed by atoms with Gasteiger partial charge in [-0.3, -0.25) is 9.00 Å². The van der Waals surface area contributed by atoms with Crippen molar-refractivity contribution < 1.29 is 26.7 Å². The zero-order valence-corrected chi connectivity index (χ0v) is 15.0. The zero-order chi connectivity index (χ0) is 20.3. The van der Waals surface area contributed by atoms with Crippen LogP contribution in [0.1, 0.15) is 5.56 Å². The minimum absolute atomic E-state index is 0.0179. The number of para-hydroxylation sites is 1. The van der Waals surface area contributed by atoms with E-state index in [-0.39, 0.29) is 18.1 Å². The highest BCUT2D eigenvalue weighted by Crippen LogP contribution is 2.30. The number of fused-ring (bicyclic) bond motifs is 1. The average Bonchev–Trinajstić information content (AvgIpc) is 3.03. The van der Waals surface area contributed by atoms with Gasteiger partial charge < -0.3 is 19.8 Å². The third kappa shape index (κ3) is 4.67. The lowest BCUT2D eigenvalue weighted by atomic mass is 10.2. The minimum Gasteiger partial charge on any atom is -0.771 e. The first kappa shape index (κ1) is 19.8. The van der Waals surface area contributed by atoms with Gasteiger partial charge in [0.1, 0.15) is 6.54 Å². The van der Waals surface area contributed by atoms with Crippen molar-refractivity contribution in [1.82, 2.24) is 9.55 Å². The van der Waals surface area contributed by atoms with E-state index in [4.69, 9.17) is 0 Å². The molecule has 0 bridgehead atoms. The normalized spacial score (nSPS) is 12.7. The van der Waals surface area contributed by atoms with Gasteiger partial charge in [0.25, 0.3) is 0 Å². The molecule has 1 heterocycles. The molecule has 148 valence electrons. The molecule has 0 aliphatic carbocycles. The van der Waals surface area contributed by atoms with Crippen molar-refractivity contribution >= 4 is 39.4 Å². The maximum absolute atomic E-state index is 12.8. The largest absolute Gasteiger partial charge is 0.771 e. The first-order chi connectivity index (χ1) is 13.2. The molecule has 0 saturated carbocycles. The number of rotatable bonds is 6. The molecule has 11 heteroatoms. The van der Waals surface area contributed by atoms with Crippen LogP contribution in [0, 0.1) is 0 Å². The summed E-state index contributed by atoms with van der Waals surface area (Å²) in [5, 5.41) is 5.15. The molecule has 1 atom stereocenters. The molecule has 3 rings (SSSR count). The predicted molar refractivity (Wildman–Crippen MR) is 97.2 cm³/mol. The standard InChI is InChI=1S/C17H15F3N4O3S/c18-17(19,20)11-3-1-4-12(7-11)23-15(25)8-24-9-21-13-5-2-6-14(16(13)24)22-10-28(26)27/h1-7,9,22H,8,10H2,(H,23,25)(H,26,27)/p-1. The fourth-order valence-electron chi connectivity index (χ4n) is 2.65. The van der Waals surface area contributed by atoms with Crippen LogP contribution in [0.15, 0.2) is 48.8 Å². The minimum atomic E-state index is -4.51. The molecule has 0 fully saturated rings. The summed E-state index contributed by atoms with van der Waals surface area (Å²) in [5.41, 5.74) is 0.659. The van der Waals surface area contributed by atoms with E-state index in [0.29, 0.717) is 16.7 Å². The Hall–Kier alpha value is -2.92. The zero-order valence-electron chi connectivity index (χ0n) is 14.2. The molecular formula is C17H14F3N4O3S-. The van der Waals surface area contributed by atoms with Crippen LogP contribution in [0.5, 0.6) is 0 Å². The number of hydrogen-bond donors (Lipinski definition) is 2. The Bertz CT molecular complexity index is 1040. The summed E-state index contributed by atoms with van der Waals surface area (Å²) in [4.78, 5) is 16.5. The fourth-order valence-corrected chi connectivity index (χ4v) is 2.93. The van der Waals surface area contributed by atoms with Crippen molar-refractivity contribution in [1.29, 1.82) is 0 Å². The number of hydrogen-bond acceptors (Lipinski definition) is 5. The first-order valence-corrected chi connectivity index (χ1v) is 9.19. The second kappa shape index (κ2) is 7.98. The van der Waals surface area contributed by atoms with Gasteiger partial charge in [-0.2, -0.15) is 13.2 Å². The molecule has 1 unspecified atom stereocenters. The van der Waals surface area contributed by atoms with E-state index in [0.717, 1.165) is 12.1 Å². The Balaban J connectivity index is 1.79. The van der Waals surface area contributed by atoms with Crippen LogP contribution in [0.25, 0.3) is 11.0 Å². The Kier molecular flexibility index (Phi) is 5.66. The molecule has 1 aromatic heterocycles. The molecular weight excluding hydrogens is 397 g/mol. The van der Waals surface area contributed by atoms with E-state index < -0.39 is 28.7 Å². The topological polar surface area (TPSA) is 99.1 Å². The summed E-state index contributed by atoms with van der Waals surface area (Å²) >= 11 is -2.31. The van der Waals surface area contributed by atoms with Crippen molar-refractivity contribution in [2.24, 2.45) is 0 Å². The van der Waals surface area contributed by atoms with Crippen molar-refractivity contribution in [2.75, 3.05) is 16.5 Å². The van der Waals surface area contributed by atoms with Gasteiger partial charge in [0.2, 0.25) is 5.91 Å². The summed E-state index contributed by atoms with van der Waals surface area (Å²) in [7, 11) is 0. The van der Waals surface area contributed by atoms with Crippen LogP contribution in [0.3, 0.4) is 0 Å². The number of alkyl halides is 3. The quantitative estimate of drug-likeness (QED) is 0.608. The molecule has 2 N–H and O–H groups in total. The second-order valence-corrected chi connectivity index (χ2v) is 6.69. The van der Waals surface area contributed by atoms with Gasteiger partial charge in [-0.1, -0.05) is 12.1 Å². The van der Waals surface area contributed by atoms with Gasteiger partial charge in [-0.05, 0) is 41.4 Å². The van der Waals surface area contributed by atoms with Gasteiger partial charge in [0.05, 0.1) is 34.5 Å². The number of benzene rings is 2. The maximum Gasteiger partial charge on any atom is 0.416 e. The van der Waals surface area contributed by atoms with E-state index in [2.05, 4.69) is 15.6 Å². The monoisotopic (exact) mass is 411 g/mol. The smallest absolute Gasteiger partial charge is 0.416 e. The number of nitrogens with zero attached hydrogens (tertiary/aromatic N) is 2. The molecule has 2 aromatic carbocycles.